The van der Waals surface area contributed by atoms with Gasteiger partial charge in [0, 0.05) is 48.1 Å². The monoisotopic (exact) mass is 485 g/mol. The van der Waals surface area contributed by atoms with Crippen LogP contribution in [0.15, 0.2) is 49.3 Å². The van der Waals surface area contributed by atoms with Crippen LogP contribution in [0.4, 0.5) is 10.1 Å². The first-order valence-electron chi connectivity index (χ1n) is 10.5. The molecule has 34 heavy (non-hydrogen) atoms. The molecule has 180 valence electrons. The summed E-state index contributed by atoms with van der Waals surface area (Å²) in [5.41, 5.74) is 2.62. The van der Waals surface area contributed by atoms with E-state index in [1.165, 1.54) is 18.3 Å². The van der Waals surface area contributed by atoms with Crippen molar-refractivity contribution in [1.82, 2.24) is 19.9 Å². The van der Waals surface area contributed by atoms with Gasteiger partial charge >= 0.3 is 0 Å². The van der Waals surface area contributed by atoms with Crippen molar-refractivity contribution in [3.8, 4) is 0 Å². The minimum atomic E-state index is -3.67. The van der Waals surface area contributed by atoms with Crippen LogP contribution in [0.25, 0.3) is 11.0 Å². The van der Waals surface area contributed by atoms with Gasteiger partial charge in [0.25, 0.3) is 0 Å². The number of rotatable bonds is 4. The molecule has 3 heterocycles. The van der Waals surface area contributed by atoms with Crippen LogP contribution in [-0.4, -0.2) is 40.4 Å². The van der Waals surface area contributed by atoms with E-state index in [2.05, 4.69) is 24.7 Å². The Kier molecular flexibility index (Phi) is 8.97. The van der Waals surface area contributed by atoms with Crippen LogP contribution in [0.5, 0.6) is 0 Å². The number of sulfonamides is 1. The highest BCUT2D eigenvalue weighted by atomic mass is 32.2. The van der Waals surface area contributed by atoms with Crippen molar-refractivity contribution in [2.24, 2.45) is 0 Å². The number of ketones is 1. The fourth-order valence-electron chi connectivity index (χ4n) is 3.15. The Hall–Kier alpha value is -3.66. The summed E-state index contributed by atoms with van der Waals surface area (Å²) in [4.78, 5) is 27.7. The average Bonchev–Trinajstić information content (AvgIpc) is 3.25. The summed E-state index contributed by atoms with van der Waals surface area (Å²) < 4.78 is 39.9. The quantitative estimate of drug-likeness (QED) is 0.404. The molecule has 0 radical (unpaired) electrons. The number of nitrogens with one attached hydrogen (secondary N) is 2. The first-order valence-corrected chi connectivity index (χ1v) is 12.4. The number of aromatic amines is 1. The molecule has 0 saturated heterocycles. The average molecular weight is 486 g/mol. The molecule has 0 aliphatic rings. The Labute approximate surface area is 198 Å². The van der Waals surface area contributed by atoms with E-state index in [4.69, 9.17) is 0 Å². The molecule has 0 aliphatic carbocycles. The number of hydrogen-bond acceptors (Lipinski definition) is 6. The zero-order valence-electron chi connectivity index (χ0n) is 20.0. The fraction of sp³-hybridized carbons (Fsp3) is 0.250. The van der Waals surface area contributed by atoms with E-state index in [9.17, 15) is 17.6 Å². The van der Waals surface area contributed by atoms with Gasteiger partial charge in [-0.15, -0.1) is 0 Å². The van der Waals surface area contributed by atoms with Gasteiger partial charge < -0.3 is 4.98 Å². The van der Waals surface area contributed by atoms with Crippen LogP contribution < -0.4 is 4.72 Å². The van der Waals surface area contributed by atoms with Gasteiger partial charge in [-0.05, 0) is 43.5 Å². The maximum atomic E-state index is 14.9. The number of fused-ring (bicyclic) bond motifs is 1. The first kappa shape index (κ1) is 26.6. The highest BCUT2D eigenvalue weighted by Gasteiger charge is 2.24. The molecule has 3 aromatic heterocycles. The summed E-state index contributed by atoms with van der Waals surface area (Å²) in [6, 6.07) is 2.81. The lowest BCUT2D eigenvalue weighted by molar-refractivity contribution is 0.103. The van der Waals surface area contributed by atoms with Crippen LogP contribution in [0, 0.1) is 26.6 Å². The van der Waals surface area contributed by atoms with E-state index in [1.54, 1.807) is 37.9 Å². The maximum absolute atomic E-state index is 14.9. The maximum Gasteiger partial charge on any atom is 0.229 e. The largest absolute Gasteiger partial charge is 0.345 e. The third-order valence-corrected chi connectivity index (χ3v) is 5.40. The van der Waals surface area contributed by atoms with Crippen molar-refractivity contribution in [2.75, 3.05) is 11.0 Å². The van der Waals surface area contributed by atoms with E-state index < -0.39 is 21.6 Å². The van der Waals surface area contributed by atoms with Crippen LogP contribution in [-0.2, 0) is 10.0 Å². The third-order valence-electron chi connectivity index (χ3n) is 4.81. The lowest BCUT2D eigenvalue weighted by Crippen LogP contribution is -2.14. The Morgan fingerprint density at radius 3 is 2.12 bits per heavy atom. The second-order valence-corrected chi connectivity index (χ2v) is 8.96. The van der Waals surface area contributed by atoms with Gasteiger partial charge in [0.15, 0.2) is 11.6 Å². The molecule has 0 fully saturated rings. The fourth-order valence-corrected chi connectivity index (χ4v) is 3.70. The summed E-state index contributed by atoms with van der Waals surface area (Å²) in [6.45, 7) is 9.35. The number of pyridine rings is 1. The minimum Gasteiger partial charge on any atom is -0.345 e. The Morgan fingerprint density at radius 1 is 1.00 bits per heavy atom. The molecule has 4 aromatic rings. The molecule has 0 unspecified atom stereocenters. The molecular weight excluding hydrogens is 457 g/mol. The van der Waals surface area contributed by atoms with Crippen molar-refractivity contribution in [1.29, 1.82) is 0 Å². The smallest absolute Gasteiger partial charge is 0.229 e. The van der Waals surface area contributed by atoms with Gasteiger partial charge in [-0.1, -0.05) is 19.9 Å². The van der Waals surface area contributed by atoms with E-state index >= 15 is 0 Å². The standard InChI is InChI=1S/C18H18FN3O3S.C4H4N2.C2H6/c1-9-5-6-13(22-26(4,24)25)16(19)14(9)17(23)12-8-21-18-15(12)11(3)10(2)7-20-18;1-2-6-4-3-5-1;1-2/h5-8,22H,1-4H3,(H,20,21);1-4H;1-2H3. The lowest BCUT2D eigenvalue weighted by atomic mass is 9.96. The van der Waals surface area contributed by atoms with Crippen LogP contribution in [0.1, 0.15) is 46.5 Å². The SMILES string of the molecule is CC.Cc1ccc(NS(C)(=O)=O)c(F)c1C(=O)c1c[nH]c2ncc(C)c(C)c12.c1cnccn1. The molecule has 8 nitrogen and oxygen atoms in total. The van der Waals surface area contributed by atoms with Gasteiger partial charge in [0.05, 0.1) is 17.5 Å². The number of hydrogen-bond donors (Lipinski definition) is 2. The minimum absolute atomic E-state index is 0.166. The summed E-state index contributed by atoms with van der Waals surface area (Å²) in [7, 11) is -3.67. The Morgan fingerprint density at radius 2 is 1.59 bits per heavy atom. The van der Waals surface area contributed by atoms with Crippen molar-refractivity contribution >= 4 is 32.5 Å². The predicted octanol–water partition coefficient (Wildman–Crippen LogP) is 4.73. The van der Waals surface area contributed by atoms with Gasteiger partial charge in [0.1, 0.15) is 5.65 Å². The molecule has 10 heteroatoms. The zero-order valence-corrected chi connectivity index (χ0v) is 20.8. The molecule has 2 N–H and O–H groups in total. The van der Waals surface area contributed by atoms with E-state index in [0.717, 1.165) is 17.4 Å². The highest BCUT2D eigenvalue weighted by molar-refractivity contribution is 7.92. The Balaban J connectivity index is 0.000000437. The number of aryl methyl sites for hydroxylation is 3. The zero-order chi connectivity index (χ0) is 25.5. The topological polar surface area (TPSA) is 118 Å². The van der Waals surface area contributed by atoms with Crippen molar-refractivity contribution in [3.63, 3.8) is 0 Å². The number of aromatic nitrogens is 4. The van der Waals surface area contributed by atoms with Gasteiger partial charge in [-0.25, -0.2) is 17.8 Å². The number of benzene rings is 1. The Bertz CT molecular complexity index is 1360. The van der Waals surface area contributed by atoms with E-state index in [1.807, 2.05) is 27.7 Å². The first-order chi connectivity index (χ1) is 16.1. The highest BCUT2D eigenvalue weighted by Crippen LogP contribution is 2.29. The van der Waals surface area contributed by atoms with Crippen LogP contribution >= 0.6 is 0 Å². The summed E-state index contributed by atoms with van der Waals surface area (Å²) >= 11 is 0. The van der Waals surface area contributed by atoms with Crippen LogP contribution in [0.2, 0.25) is 0 Å². The molecular formula is C24H28FN5O3S. The van der Waals surface area contributed by atoms with Gasteiger partial charge in [-0.3, -0.25) is 19.5 Å². The molecule has 0 spiro atoms. The van der Waals surface area contributed by atoms with Crippen molar-refractivity contribution in [3.05, 3.63) is 82.9 Å². The van der Waals surface area contributed by atoms with Crippen LogP contribution in [0.3, 0.4) is 0 Å². The summed E-state index contributed by atoms with van der Waals surface area (Å²) in [5.74, 6) is -1.42. The van der Waals surface area contributed by atoms with E-state index in [0.29, 0.717) is 22.2 Å². The number of anilines is 1. The second-order valence-electron chi connectivity index (χ2n) is 7.21. The third kappa shape index (κ3) is 6.22. The number of carbonyl (C=O) groups excluding carboxylic acids is 1. The van der Waals surface area contributed by atoms with Gasteiger partial charge in [0.2, 0.25) is 10.0 Å². The number of carbonyl (C=O) groups is 1. The lowest BCUT2D eigenvalue weighted by Gasteiger charge is -2.12. The summed E-state index contributed by atoms with van der Waals surface area (Å²) in [6.07, 6.45) is 10.7. The molecule has 0 aliphatic heterocycles. The number of H-pyrrole nitrogens is 1. The normalized spacial score (nSPS) is 10.6. The molecule has 1 aromatic carbocycles. The number of nitrogens with zero attached hydrogens (tertiary/aromatic N) is 3. The van der Waals surface area contributed by atoms with E-state index in [-0.39, 0.29) is 11.3 Å². The molecule has 0 bridgehead atoms. The molecule has 4 rings (SSSR count). The second kappa shape index (κ2) is 11.5. The summed E-state index contributed by atoms with van der Waals surface area (Å²) in [5, 5.41) is 0.635. The number of halogens is 1. The predicted molar refractivity (Wildman–Crippen MR) is 132 cm³/mol. The van der Waals surface area contributed by atoms with Crippen molar-refractivity contribution in [2.45, 2.75) is 34.6 Å². The molecule has 0 saturated carbocycles. The van der Waals surface area contributed by atoms with Gasteiger partial charge in [-0.2, -0.15) is 0 Å². The molecule has 0 atom stereocenters. The van der Waals surface area contributed by atoms with Crippen molar-refractivity contribution < 1.29 is 17.6 Å². The molecule has 0 amide bonds.